The van der Waals surface area contributed by atoms with Crippen LogP contribution in [0.2, 0.25) is 39.3 Å². The Morgan fingerprint density at radius 3 is 1.13 bits per heavy atom. The number of hydrogen-bond acceptors (Lipinski definition) is 2. The smallest absolute Gasteiger partial charge is 0.200 e. The third-order valence-corrected chi connectivity index (χ3v) is 4.67. The molecule has 0 aliphatic rings. The molecule has 0 aliphatic carbocycles. The average Bonchev–Trinajstić information content (AvgIpc) is 2.29. The molecule has 0 saturated heterocycles. The van der Waals surface area contributed by atoms with E-state index in [9.17, 15) is 22.0 Å². The van der Waals surface area contributed by atoms with Crippen LogP contribution >= 0.6 is 0 Å². The van der Waals surface area contributed by atoms with E-state index in [1.54, 1.807) is 39.3 Å². The average molecular weight is 372 g/mol. The van der Waals surface area contributed by atoms with Crippen LogP contribution in [0.1, 0.15) is 12.5 Å². The molecule has 1 rings (SSSR count). The topological polar surface area (TPSA) is 18.5 Å². The quantitative estimate of drug-likeness (QED) is 0.231. The summed E-state index contributed by atoms with van der Waals surface area (Å²) in [5.41, 5.74) is -1.08. The van der Waals surface area contributed by atoms with Gasteiger partial charge in [0.05, 0.1) is 5.56 Å². The molecule has 0 saturated carbocycles. The van der Waals surface area contributed by atoms with Crippen molar-refractivity contribution in [2.45, 2.75) is 52.0 Å². The van der Waals surface area contributed by atoms with Gasteiger partial charge in [-0.2, -0.15) is 0 Å². The molecule has 1 aromatic carbocycles. The number of hydrogen-bond donors (Lipinski definition) is 0. The molecular weight excluding hydrogens is 351 g/mol. The zero-order chi connectivity index (χ0) is 18.4. The fourth-order valence-electron chi connectivity index (χ4n) is 2.30. The zero-order valence-corrected chi connectivity index (χ0v) is 16.2. The monoisotopic (exact) mass is 372 g/mol. The van der Waals surface area contributed by atoms with Crippen molar-refractivity contribution in [2.24, 2.45) is 0 Å². The molecule has 0 unspecified atom stereocenters. The number of rotatable bonds is 5. The molecule has 0 bridgehead atoms. The van der Waals surface area contributed by atoms with Crippen molar-refractivity contribution in [1.82, 2.24) is 0 Å². The Bertz CT molecular complexity index is 564. The highest BCUT2D eigenvalue weighted by Gasteiger charge is 2.44. The van der Waals surface area contributed by atoms with Gasteiger partial charge in [-0.1, -0.05) is 0 Å². The molecular formula is C14H21F5O2Si2. The Kier molecular flexibility index (Phi) is 5.52. The van der Waals surface area contributed by atoms with Gasteiger partial charge in [0, 0.05) is 0 Å². The summed E-state index contributed by atoms with van der Waals surface area (Å²) in [4.78, 5) is 0. The van der Waals surface area contributed by atoms with E-state index < -0.39 is 57.1 Å². The second kappa shape index (κ2) is 6.26. The van der Waals surface area contributed by atoms with Gasteiger partial charge in [0.15, 0.2) is 45.7 Å². The molecule has 0 aliphatic heterocycles. The first-order valence-corrected chi connectivity index (χ1v) is 13.8. The minimum atomic E-state index is -2.44. The molecule has 23 heavy (non-hydrogen) atoms. The van der Waals surface area contributed by atoms with Gasteiger partial charge in [-0.05, 0) is 46.2 Å². The van der Waals surface area contributed by atoms with Gasteiger partial charge in [0.2, 0.25) is 5.82 Å². The van der Waals surface area contributed by atoms with E-state index >= 15 is 0 Å². The summed E-state index contributed by atoms with van der Waals surface area (Å²) >= 11 is 0. The van der Waals surface area contributed by atoms with Gasteiger partial charge in [0.25, 0.3) is 0 Å². The second-order valence-electron chi connectivity index (χ2n) is 7.32. The molecule has 0 fully saturated rings. The predicted molar refractivity (Wildman–Crippen MR) is 82.4 cm³/mol. The van der Waals surface area contributed by atoms with Crippen LogP contribution < -0.4 is 0 Å². The molecule has 2 nitrogen and oxygen atoms in total. The van der Waals surface area contributed by atoms with Crippen LogP contribution in [0.5, 0.6) is 0 Å². The van der Waals surface area contributed by atoms with Crippen LogP contribution in [-0.4, -0.2) is 16.6 Å². The van der Waals surface area contributed by atoms with Crippen molar-refractivity contribution in [1.29, 1.82) is 0 Å². The van der Waals surface area contributed by atoms with E-state index in [-0.39, 0.29) is 0 Å². The van der Waals surface area contributed by atoms with Crippen molar-refractivity contribution in [3.8, 4) is 0 Å². The second-order valence-corrected chi connectivity index (χ2v) is 16.2. The summed E-state index contributed by atoms with van der Waals surface area (Å²) in [5.74, 6) is -12.1. The highest BCUT2D eigenvalue weighted by atomic mass is 28.4. The van der Waals surface area contributed by atoms with E-state index in [1.807, 2.05) is 0 Å². The fraction of sp³-hybridized carbons (Fsp3) is 0.571. The van der Waals surface area contributed by atoms with Gasteiger partial charge >= 0.3 is 0 Å². The zero-order valence-electron chi connectivity index (χ0n) is 14.2. The van der Waals surface area contributed by atoms with Crippen molar-refractivity contribution < 1.29 is 30.8 Å². The summed E-state index contributed by atoms with van der Waals surface area (Å²) < 4.78 is 80.2. The summed E-state index contributed by atoms with van der Waals surface area (Å²) in [6, 6.07) is 0. The van der Waals surface area contributed by atoms with Gasteiger partial charge in [-0.25, -0.2) is 22.0 Å². The summed E-state index contributed by atoms with van der Waals surface area (Å²) in [5, 5.41) is 0. The van der Waals surface area contributed by atoms with E-state index in [2.05, 4.69) is 0 Å². The van der Waals surface area contributed by atoms with Crippen LogP contribution in [-0.2, 0) is 14.6 Å². The molecule has 0 spiro atoms. The first-order valence-electron chi connectivity index (χ1n) is 7.01. The maximum absolute atomic E-state index is 14.2. The molecule has 1 aromatic rings. The first kappa shape index (κ1) is 20.3. The Balaban J connectivity index is 3.68. The third-order valence-electron chi connectivity index (χ3n) is 2.67. The SMILES string of the molecule is CC(O[Si](C)(C)C)(O[Si](C)(C)C)c1c(F)c(F)c(F)c(F)c1F. The Labute approximate surface area is 134 Å². The van der Waals surface area contributed by atoms with E-state index in [0.717, 1.165) is 0 Å². The molecule has 0 atom stereocenters. The van der Waals surface area contributed by atoms with Crippen LogP contribution in [0, 0.1) is 29.1 Å². The lowest BCUT2D eigenvalue weighted by molar-refractivity contribution is -0.124. The predicted octanol–water partition coefficient (Wildman–Crippen LogP) is 5.26. The Morgan fingerprint density at radius 1 is 0.609 bits per heavy atom. The molecule has 0 N–H and O–H groups in total. The maximum atomic E-state index is 14.2. The summed E-state index contributed by atoms with van der Waals surface area (Å²) in [6.45, 7) is 11.6. The lowest BCUT2D eigenvalue weighted by Gasteiger charge is -2.40. The minimum Gasteiger partial charge on any atom is -0.388 e. The molecule has 0 radical (unpaired) electrons. The lowest BCUT2D eigenvalue weighted by atomic mass is 10.1. The molecule has 132 valence electrons. The number of benzene rings is 1. The van der Waals surface area contributed by atoms with E-state index in [1.165, 1.54) is 6.92 Å². The van der Waals surface area contributed by atoms with Crippen LogP contribution in [0.15, 0.2) is 0 Å². The van der Waals surface area contributed by atoms with E-state index in [4.69, 9.17) is 8.85 Å². The van der Waals surface area contributed by atoms with E-state index in [0.29, 0.717) is 0 Å². The molecule has 0 amide bonds. The highest BCUT2D eigenvalue weighted by molar-refractivity contribution is 6.70. The van der Waals surface area contributed by atoms with Gasteiger partial charge in [0.1, 0.15) is 0 Å². The van der Waals surface area contributed by atoms with Gasteiger partial charge < -0.3 is 8.85 Å². The van der Waals surface area contributed by atoms with Crippen molar-refractivity contribution >= 4 is 16.6 Å². The maximum Gasteiger partial charge on any atom is 0.200 e. The van der Waals surface area contributed by atoms with Gasteiger partial charge in [-0.3, -0.25) is 0 Å². The normalized spacial score (nSPS) is 13.6. The Hall–Kier alpha value is -0.776. The summed E-state index contributed by atoms with van der Waals surface area (Å²) in [6.07, 6.45) is 0. The molecule has 9 heteroatoms. The highest BCUT2D eigenvalue weighted by Crippen LogP contribution is 2.38. The molecule has 0 heterocycles. The first-order chi connectivity index (χ1) is 10.1. The lowest BCUT2D eigenvalue weighted by Crippen LogP contribution is -2.47. The minimum absolute atomic E-state index is 1.08. The standard InChI is InChI=1S/C14H21F5O2Si2/c1-14(20-22(2,3)4,21-23(5,6)7)8-9(15)11(17)13(19)12(18)10(8)16/h1-7H3. The van der Waals surface area contributed by atoms with Crippen molar-refractivity contribution in [2.75, 3.05) is 0 Å². The van der Waals surface area contributed by atoms with Crippen LogP contribution in [0.4, 0.5) is 22.0 Å². The molecule has 0 aromatic heterocycles. The summed E-state index contributed by atoms with van der Waals surface area (Å²) in [7, 11) is -4.89. The fourth-order valence-corrected chi connectivity index (χ4v) is 5.00. The van der Waals surface area contributed by atoms with Crippen LogP contribution in [0.3, 0.4) is 0 Å². The largest absolute Gasteiger partial charge is 0.388 e. The van der Waals surface area contributed by atoms with Crippen molar-refractivity contribution in [3.05, 3.63) is 34.6 Å². The number of halogens is 5. The third kappa shape index (κ3) is 4.62. The Morgan fingerprint density at radius 2 is 0.870 bits per heavy atom. The van der Waals surface area contributed by atoms with Gasteiger partial charge in [-0.15, -0.1) is 0 Å². The van der Waals surface area contributed by atoms with Crippen molar-refractivity contribution in [3.63, 3.8) is 0 Å². The van der Waals surface area contributed by atoms with Crippen LogP contribution in [0.25, 0.3) is 0 Å².